The number of rotatable bonds is 9. The minimum atomic E-state index is -5.93. The summed E-state index contributed by atoms with van der Waals surface area (Å²) in [6.45, 7) is 1.50. The molecule has 1 aliphatic rings. The summed E-state index contributed by atoms with van der Waals surface area (Å²) in [5.74, 6) is -0.381. The fraction of sp³-hybridized carbons (Fsp3) is 0.387. The lowest BCUT2D eigenvalue weighted by atomic mass is 9.89. The molecule has 238 valence electrons. The van der Waals surface area contributed by atoms with Crippen molar-refractivity contribution < 1.29 is 45.7 Å². The van der Waals surface area contributed by atoms with Crippen LogP contribution in [-0.2, 0) is 18.6 Å². The standard InChI is InChI=1S/C31H32F7N3O3/c32-25-17-22(8-11-26(25)40-28(43)39-18-27(42)23-4-2-1-3-5-23)16-20-12-14-41(15-13-20)19-21-6-9-24(10-7-21)29(44,30(33,34)35)31(36,37)38/h1-11,17,20,27,42,44H,12-16,18-19H2,(H2,39,40,43). The van der Waals surface area contributed by atoms with Gasteiger partial charge in [-0.3, -0.25) is 4.90 Å². The zero-order valence-corrected chi connectivity index (χ0v) is 23.4. The van der Waals surface area contributed by atoms with E-state index in [9.17, 15) is 45.7 Å². The Morgan fingerprint density at radius 1 is 0.886 bits per heavy atom. The molecule has 13 heteroatoms. The lowest BCUT2D eigenvalue weighted by Gasteiger charge is -2.33. The second kappa shape index (κ2) is 13.5. The summed E-state index contributed by atoms with van der Waals surface area (Å²) in [6, 6.07) is 16.2. The maximum atomic E-state index is 14.7. The van der Waals surface area contributed by atoms with Crippen LogP contribution in [0.4, 0.5) is 41.2 Å². The number of nitrogens with zero attached hydrogens (tertiary/aromatic N) is 1. The average molecular weight is 628 g/mol. The van der Waals surface area contributed by atoms with Crippen LogP contribution in [0.2, 0.25) is 0 Å². The second-order valence-corrected chi connectivity index (χ2v) is 10.9. The first-order chi connectivity index (χ1) is 20.7. The van der Waals surface area contributed by atoms with Gasteiger partial charge in [0.1, 0.15) is 5.82 Å². The molecule has 0 aliphatic carbocycles. The molecule has 0 aromatic heterocycles. The van der Waals surface area contributed by atoms with Gasteiger partial charge in [0, 0.05) is 18.7 Å². The van der Waals surface area contributed by atoms with Crippen molar-refractivity contribution in [1.29, 1.82) is 0 Å². The molecule has 3 aromatic carbocycles. The highest BCUT2D eigenvalue weighted by Crippen LogP contribution is 2.50. The third-order valence-electron chi connectivity index (χ3n) is 7.75. The number of likely N-dealkylation sites (tertiary alicyclic amines) is 1. The molecule has 1 atom stereocenters. The molecule has 3 aromatic rings. The highest BCUT2D eigenvalue weighted by Gasteiger charge is 2.71. The van der Waals surface area contributed by atoms with Crippen LogP contribution in [0.3, 0.4) is 0 Å². The number of hydrogen-bond donors (Lipinski definition) is 4. The van der Waals surface area contributed by atoms with E-state index in [4.69, 9.17) is 0 Å². The number of hydrogen-bond acceptors (Lipinski definition) is 4. The summed E-state index contributed by atoms with van der Waals surface area (Å²) in [6.07, 6.45) is -10.7. The molecule has 0 bridgehead atoms. The molecule has 0 saturated carbocycles. The van der Waals surface area contributed by atoms with Gasteiger partial charge in [0.2, 0.25) is 0 Å². The van der Waals surface area contributed by atoms with Crippen molar-refractivity contribution in [3.63, 3.8) is 0 Å². The summed E-state index contributed by atoms with van der Waals surface area (Å²) in [5, 5.41) is 24.7. The largest absolute Gasteiger partial charge is 0.430 e. The summed E-state index contributed by atoms with van der Waals surface area (Å²) < 4.78 is 93.4. The summed E-state index contributed by atoms with van der Waals surface area (Å²) in [7, 11) is 0. The summed E-state index contributed by atoms with van der Waals surface area (Å²) in [4.78, 5) is 14.2. The number of urea groups is 1. The van der Waals surface area contributed by atoms with Crippen LogP contribution in [0.1, 0.15) is 41.2 Å². The van der Waals surface area contributed by atoms with Crippen molar-refractivity contribution in [2.24, 2.45) is 5.92 Å². The van der Waals surface area contributed by atoms with Gasteiger partial charge in [-0.05, 0) is 67.1 Å². The van der Waals surface area contributed by atoms with Gasteiger partial charge < -0.3 is 20.8 Å². The lowest BCUT2D eigenvalue weighted by molar-refractivity contribution is -0.376. The third kappa shape index (κ3) is 7.88. The van der Waals surface area contributed by atoms with E-state index in [0.29, 0.717) is 49.3 Å². The van der Waals surface area contributed by atoms with Gasteiger partial charge in [-0.15, -0.1) is 0 Å². The number of nitrogens with one attached hydrogen (secondary N) is 2. The molecule has 44 heavy (non-hydrogen) atoms. The number of carbonyl (C=O) groups excluding carboxylic acids is 1. The molecule has 1 fully saturated rings. The van der Waals surface area contributed by atoms with Gasteiger partial charge in [-0.1, -0.05) is 60.7 Å². The van der Waals surface area contributed by atoms with Crippen LogP contribution in [0.5, 0.6) is 0 Å². The molecule has 1 saturated heterocycles. The SMILES string of the molecule is O=C(NCC(O)c1ccccc1)Nc1ccc(CC2CCN(Cc3ccc(C(O)(C(F)(F)F)C(F)(F)F)cc3)CC2)cc1F. The first kappa shape index (κ1) is 33.2. The number of piperidine rings is 1. The Hall–Kier alpha value is -3.68. The van der Waals surface area contributed by atoms with Crippen LogP contribution in [0, 0.1) is 11.7 Å². The number of alkyl halides is 6. The number of aliphatic hydroxyl groups is 2. The van der Waals surface area contributed by atoms with Crippen molar-refractivity contribution in [2.75, 3.05) is 25.0 Å². The highest BCUT2D eigenvalue weighted by molar-refractivity contribution is 5.89. The van der Waals surface area contributed by atoms with E-state index < -0.39 is 41.5 Å². The summed E-state index contributed by atoms with van der Waals surface area (Å²) >= 11 is 0. The van der Waals surface area contributed by atoms with E-state index in [1.54, 1.807) is 36.4 Å². The number of aliphatic hydroxyl groups excluding tert-OH is 1. The zero-order valence-electron chi connectivity index (χ0n) is 23.4. The smallest absolute Gasteiger partial charge is 0.387 e. The Balaban J connectivity index is 1.24. The van der Waals surface area contributed by atoms with Crippen LogP contribution >= 0.6 is 0 Å². The van der Waals surface area contributed by atoms with Gasteiger partial charge in [0.15, 0.2) is 0 Å². The van der Waals surface area contributed by atoms with Gasteiger partial charge >= 0.3 is 18.4 Å². The normalized spacial score (nSPS) is 16.0. The molecule has 0 spiro atoms. The minimum absolute atomic E-state index is 0.00908. The van der Waals surface area contributed by atoms with Crippen molar-refractivity contribution in [1.82, 2.24) is 10.2 Å². The van der Waals surface area contributed by atoms with Crippen LogP contribution in [0.25, 0.3) is 0 Å². The van der Waals surface area contributed by atoms with E-state index in [1.807, 2.05) is 4.90 Å². The molecular weight excluding hydrogens is 595 g/mol. The molecule has 6 nitrogen and oxygen atoms in total. The molecule has 0 radical (unpaired) electrons. The Morgan fingerprint density at radius 2 is 1.48 bits per heavy atom. The monoisotopic (exact) mass is 627 g/mol. The van der Waals surface area contributed by atoms with Gasteiger partial charge in [0.25, 0.3) is 5.60 Å². The van der Waals surface area contributed by atoms with E-state index in [-0.39, 0.29) is 18.2 Å². The number of benzene rings is 3. The number of anilines is 1. The van der Waals surface area contributed by atoms with Gasteiger partial charge in [0.05, 0.1) is 11.8 Å². The van der Waals surface area contributed by atoms with Gasteiger partial charge in [-0.2, -0.15) is 26.3 Å². The predicted octanol–water partition coefficient (Wildman–Crippen LogP) is 6.45. The highest BCUT2D eigenvalue weighted by atomic mass is 19.4. The molecule has 2 amide bonds. The molecule has 1 unspecified atom stereocenters. The summed E-state index contributed by atoms with van der Waals surface area (Å²) in [5.41, 5.74) is -4.38. The maximum Gasteiger partial charge on any atom is 0.430 e. The fourth-order valence-electron chi connectivity index (χ4n) is 5.22. The Morgan fingerprint density at radius 3 is 2.05 bits per heavy atom. The Labute approximate surface area is 249 Å². The van der Waals surface area contributed by atoms with Crippen molar-refractivity contribution in [2.45, 2.75) is 49.9 Å². The van der Waals surface area contributed by atoms with Crippen molar-refractivity contribution >= 4 is 11.7 Å². The molecule has 1 heterocycles. The maximum absolute atomic E-state index is 14.7. The number of amides is 2. The molecule has 1 aliphatic heterocycles. The van der Waals surface area contributed by atoms with Crippen LogP contribution in [0.15, 0.2) is 72.8 Å². The average Bonchev–Trinajstić information content (AvgIpc) is 2.97. The van der Waals surface area contributed by atoms with E-state index in [2.05, 4.69) is 10.6 Å². The van der Waals surface area contributed by atoms with E-state index in [1.165, 1.54) is 12.1 Å². The predicted molar refractivity (Wildman–Crippen MR) is 149 cm³/mol. The van der Waals surface area contributed by atoms with E-state index in [0.717, 1.165) is 30.5 Å². The zero-order chi connectivity index (χ0) is 32.1. The fourth-order valence-corrected chi connectivity index (χ4v) is 5.22. The first-order valence-corrected chi connectivity index (χ1v) is 13.9. The minimum Gasteiger partial charge on any atom is -0.387 e. The molecule has 4 rings (SSSR count). The number of halogens is 7. The lowest BCUT2D eigenvalue weighted by Crippen LogP contribution is -2.53. The van der Waals surface area contributed by atoms with Crippen molar-refractivity contribution in [3.8, 4) is 0 Å². The third-order valence-corrected chi connectivity index (χ3v) is 7.75. The van der Waals surface area contributed by atoms with Crippen LogP contribution < -0.4 is 10.6 Å². The quantitative estimate of drug-likeness (QED) is 0.206. The molecule has 4 N–H and O–H groups in total. The Kier molecular flexibility index (Phi) is 10.2. The topological polar surface area (TPSA) is 84.8 Å². The molecular formula is C31H32F7N3O3. The van der Waals surface area contributed by atoms with Crippen LogP contribution in [-0.4, -0.2) is 53.1 Å². The van der Waals surface area contributed by atoms with Crippen molar-refractivity contribution in [3.05, 3.63) is 101 Å². The van der Waals surface area contributed by atoms with Gasteiger partial charge in [-0.25, -0.2) is 9.18 Å². The van der Waals surface area contributed by atoms with E-state index >= 15 is 0 Å². The Bertz CT molecular complexity index is 1380. The number of carbonyl (C=O) groups is 1. The second-order valence-electron chi connectivity index (χ2n) is 10.9. The first-order valence-electron chi connectivity index (χ1n) is 13.9.